The number of hydrogen-bond donors (Lipinski definition) is 1. The lowest BCUT2D eigenvalue weighted by atomic mass is 10.2. The van der Waals surface area contributed by atoms with Gasteiger partial charge in [-0.25, -0.2) is 4.39 Å². The van der Waals surface area contributed by atoms with Crippen LogP contribution in [0.2, 0.25) is 0 Å². The maximum absolute atomic E-state index is 13.2. The number of benzene rings is 3. The highest BCUT2D eigenvalue weighted by molar-refractivity contribution is 7.99. The van der Waals surface area contributed by atoms with Gasteiger partial charge < -0.3 is 9.84 Å². The molecule has 0 saturated heterocycles. The predicted molar refractivity (Wildman–Crippen MR) is 96.1 cm³/mol. The second-order valence-electron chi connectivity index (χ2n) is 5.38. The smallest absolute Gasteiger partial charge is 0.286 e. The fourth-order valence-electron chi connectivity index (χ4n) is 2.27. The zero-order chi connectivity index (χ0) is 18.5. The van der Waals surface area contributed by atoms with Gasteiger partial charge in [0.15, 0.2) is 0 Å². The molecule has 3 rings (SSSR count). The van der Waals surface area contributed by atoms with E-state index in [1.807, 2.05) is 0 Å². The minimum atomic E-state index is -0.503. The summed E-state index contributed by atoms with van der Waals surface area (Å²) in [7, 11) is 0. The molecule has 5 nitrogen and oxygen atoms in total. The minimum absolute atomic E-state index is 0.0539. The summed E-state index contributed by atoms with van der Waals surface area (Å²) in [6, 6.07) is 17.1. The van der Waals surface area contributed by atoms with Gasteiger partial charge in [0.2, 0.25) is 0 Å². The monoisotopic (exact) mass is 371 g/mol. The number of nitro groups is 1. The van der Waals surface area contributed by atoms with Gasteiger partial charge in [0.25, 0.3) is 5.69 Å². The topological polar surface area (TPSA) is 72.6 Å². The molecule has 3 aromatic carbocycles. The first kappa shape index (κ1) is 17.8. The molecule has 0 unspecified atom stereocenters. The van der Waals surface area contributed by atoms with Crippen molar-refractivity contribution in [3.05, 3.63) is 88.2 Å². The quantitative estimate of drug-likeness (QED) is 0.478. The van der Waals surface area contributed by atoms with Gasteiger partial charge in [0.05, 0.1) is 20.8 Å². The molecule has 0 heterocycles. The lowest BCUT2D eigenvalue weighted by Crippen LogP contribution is -1.98. The minimum Gasteiger partial charge on any atom is -0.507 e. The Morgan fingerprint density at radius 2 is 1.85 bits per heavy atom. The highest BCUT2D eigenvalue weighted by Crippen LogP contribution is 2.40. The van der Waals surface area contributed by atoms with E-state index >= 15 is 0 Å². The van der Waals surface area contributed by atoms with Crippen molar-refractivity contribution < 1.29 is 19.2 Å². The van der Waals surface area contributed by atoms with Crippen molar-refractivity contribution in [1.82, 2.24) is 0 Å². The van der Waals surface area contributed by atoms with Gasteiger partial charge in [-0.2, -0.15) is 0 Å². The molecule has 26 heavy (non-hydrogen) atoms. The molecule has 3 aromatic rings. The highest BCUT2D eigenvalue weighted by Gasteiger charge is 2.17. The van der Waals surface area contributed by atoms with Gasteiger partial charge in [0.1, 0.15) is 23.9 Å². The van der Waals surface area contributed by atoms with Gasteiger partial charge in [0, 0.05) is 0 Å². The summed E-state index contributed by atoms with van der Waals surface area (Å²) in [5.41, 5.74) is 0.496. The number of aromatic hydroxyl groups is 1. The van der Waals surface area contributed by atoms with E-state index in [0.29, 0.717) is 21.1 Å². The number of phenolic OH excluding ortho intramolecular Hbond substituents is 1. The van der Waals surface area contributed by atoms with Gasteiger partial charge in [-0.05, 0) is 42.0 Å². The molecule has 0 radical (unpaired) electrons. The third-order valence-corrected chi connectivity index (χ3v) is 4.64. The number of phenols is 1. The van der Waals surface area contributed by atoms with Crippen molar-refractivity contribution in [3.63, 3.8) is 0 Å². The van der Waals surface area contributed by atoms with Gasteiger partial charge in [-0.15, -0.1) is 0 Å². The summed E-state index contributed by atoms with van der Waals surface area (Å²) in [6.07, 6.45) is 0. The van der Waals surface area contributed by atoms with Crippen LogP contribution in [0.3, 0.4) is 0 Å². The fourth-order valence-corrected chi connectivity index (χ4v) is 3.20. The molecule has 0 aliphatic carbocycles. The predicted octanol–water partition coefficient (Wildman–Crippen LogP) is 5.17. The Morgan fingerprint density at radius 1 is 1.04 bits per heavy atom. The number of hydrogen-bond acceptors (Lipinski definition) is 5. The number of rotatable bonds is 6. The van der Waals surface area contributed by atoms with Crippen LogP contribution in [-0.2, 0) is 6.61 Å². The first-order valence-corrected chi connectivity index (χ1v) is 8.46. The van der Waals surface area contributed by atoms with Gasteiger partial charge in [-0.1, -0.05) is 36.0 Å². The molecular formula is C19H14FNO4S. The Hall–Kier alpha value is -3.06. The molecule has 0 saturated carbocycles. The first-order chi connectivity index (χ1) is 12.5. The zero-order valence-corrected chi connectivity index (χ0v) is 14.3. The van der Waals surface area contributed by atoms with Crippen LogP contribution < -0.4 is 4.74 Å². The summed E-state index contributed by atoms with van der Waals surface area (Å²) in [5.74, 6) is -0.00711. The van der Waals surface area contributed by atoms with Crippen molar-refractivity contribution in [2.45, 2.75) is 16.4 Å². The SMILES string of the molecule is O=[N+]([O-])c1cc(OCc2cccc(F)c2)ccc1Sc1ccccc1O. The van der Waals surface area contributed by atoms with Crippen molar-refractivity contribution in [1.29, 1.82) is 0 Å². The number of nitro benzene ring substituents is 1. The van der Waals surface area contributed by atoms with E-state index in [9.17, 15) is 19.6 Å². The number of halogens is 1. The van der Waals surface area contributed by atoms with E-state index in [1.54, 1.807) is 42.5 Å². The van der Waals surface area contributed by atoms with E-state index < -0.39 is 4.92 Å². The number of para-hydroxylation sites is 1. The summed E-state index contributed by atoms with van der Waals surface area (Å²) in [6.45, 7) is 0.0981. The van der Waals surface area contributed by atoms with E-state index in [1.165, 1.54) is 24.3 Å². The molecule has 132 valence electrons. The van der Waals surface area contributed by atoms with E-state index in [2.05, 4.69) is 0 Å². The summed E-state index contributed by atoms with van der Waals surface area (Å²) >= 11 is 1.10. The largest absolute Gasteiger partial charge is 0.507 e. The maximum Gasteiger partial charge on any atom is 0.286 e. The van der Waals surface area contributed by atoms with Gasteiger partial charge in [-0.3, -0.25) is 10.1 Å². The molecule has 0 amide bonds. The molecule has 0 aliphatic heterocycles. The lowest BCUT2D eigenvalue weighted by molar-refractivity contribution is -0.387. The second-order valence-corrected chi connectivity index (χ2v) is 6.46. The summed E-state index contributed by atoms with van der Waals surface area (Å²) in [5, 5.41) is 21.2. The molecule has 0 fully saturated rings. The van der Waals surface area contributed by atoms with Gasteiger partial charge >= 0.3 is 0 Å². The Morgan fingerprint density at radius 3 is 2.58 bits per heavy atom. The van der Waals surface area contributed by atoms with E-state index in [0.717, 1.165) is 11.8 Å². The maximum atomic E-state index is 13.2. The van der Waals surface area contributed by atoms with Crippen LogP contribution in [0.15, 0.2) is 76.5 Å². The van der Waals surface area contributed by atoms with E-state index in [4.69, 9.17) is 4.74 Å². The van der Waals surface area contributed by atoms with Crippen LogP contribution in [-0.4, -0.2) is 10.0 Å². The van der Waals surface area contributed by atoms with Crippen LogP contribution in [0, 0.1) is 15.9 Å². The fraction of sp³-hybridized carbons (Fsp3) is 0.0526. The number of ether oxygens (including phenoxy) is 1. The Bertz CT molecular complexity index is 948. The summed E-state index contributed by atoms with van der Waals surface area (Å²) < 4.78 is 18.7. The van der Waals surface area contributed by atoms with E-state index in [-0.39, 0.29) is 23.9 Å². The van der Waals surface area contributed by atoms with Crippen LogP contribution >= 0.6 is 11.8 Å². The van der Waals surface area contributed by atoms with Crippen molar-refractivity contribution >= 4 is 17.4 Å². The summed E-state index contributed by atoms with van der Waals surface area (Å²) in [4.78, 5) is 11.8. The molecule has 0 aromatic heterocycles. The first-order valence-electron chi connectivity index (χ1n) is 7.64. The Balaban J connectivity index is 1.80. The van der Waals surface area contributed by atoms with Crippen LogP contribution in [0.4, 0.5) is 10.1 Å². The molecule has 0 bridgehead atoms. The molecule has 0 spiro atoms. The molecule has 0 atom stereocenters. The molecule has 1 N–H and O–H groups in total. The van der Waals surface area contributed by atoms with Crippen LogP contribution in [0.1, 0.15) is 5.56 Å². The molecule has 0 aliphatic rings. The van der Waals surface area contributed by atoms with Crippen LogP contribution in [0.5, 0.6) is 11.5 Å². The van der Waals surface area contributed by atoms with Crippen molar-refractivity contribution in [3.8, 4) is 11.5 Å². The highest BCUT2D eigenvalue weighted by atomic mass is 32.2. The lowest BCUT2D eigenvalue weighted by Gasteiger charge is -2.09. The van der Waals surface area contributed by atoms with Crippen molar-refractivity contribution in [2.24, 2.45) is 0 Å². The zero-order valence-electron chi connectivity index (χ0n) is 13.5. The molecule has 7 heteroatoms. The molecular weight excluding hydrogens is 357 g/mol. The average Bonchev–Trinajstić information content (AvgIpc) is 2.62. The van der Waals surface area contributed by atoms with Crippen molar-refractivity contribution in [2.75, 3.05) is 0 Å². The average molecular weight is 371 g/mol. The normalized spacial score (nSPS) is 10.5. The Kier molecular flexibility index (Phi) is 5.38. The standard InChI is InChI=1S/C19H14FNO4S/c20-14-5-3-4-13(10-14)12-25-15-8-9-18(16(11-15)21(23)24)26-19-7-2-1-6-17(19)22/h1-11,22H,12H2. The third kappa shape index (κ3) is 4.31. The third-order valence-electron chi connectivity index (χ3n) is 3.51. The Labute approximate surface area is 153 Å². The second kappa shape index (κ2) is 7.88. The van der Waals surface area contributed by atoms with Crippen LogP contribution in [0.25, 0.3) is 0 Å². The number of nitrogens with zero attached hydrogens (tertiary/aromatic N) is 1.